The van der Waals surface area contributed by atoms with E-state index in [0.717, 1.165) is 16.8 Å². The fraction of sp³-hybridized carbons (Fsp3) is 0.375. The van der Waals surface area contributed by atoms with Crippen LogP contribution in [0.4, 0.5) is 8.78 Å². The van der Waals surface area contributed by atoms with Gasteiger partial charge < -0.3 is 10.2 Å². The van der Waals surface area contributed by atoms with E-state index in [4.69, 9.17) is 0 Å². The Hall–Kier alpha value is -1.29. The normalized spacial score (nSPS) is 11.1. The van der Waals surface area contributed by atoms with Crippen LogP contribution < -0.4 is 5.32 Å². The highest BCUT2D eigenvalue weighted by molar-refractivity contribution is 14.0. The van der Waals surface area contributed by atoms with E-state index in [0.29, 0.717) is 31.0 Å². The Morgan fingerprint density at radius 1 is 1.29 bits per heavy atom. The lowest BCUT2D eigenvalue weighted by Gasteiger charge is -2.21. The number of aryl methyl sites for hydroxylation is 1. The van der Waals surface area contributed by atoms with Gasteiger partial charge in [0.1, 0.15) is 11.6 Å². The first-order chi connectivity index (χ1) is 11.0. The number of guanidine groups is 1. The predicted octanol–water partition coefficient (Wildman–Crippen LogP) is 3.60. The molecule has 0 fully saturated rings. The molecule has 8 heteroatoms. The zero-order valence-corrected chi connectivity index (χ0v) is 17.0. The Morgan fingerprint density at radius 2 is 1.96 bits per heavy atom. The Balaban J connectivity index is 0.00000288. The maximum Gasteiger partial charge on any atom is 0.193 e. The van der Waals surface area contributed by atoms with Gasteiger partial charge in [-0.2, -0.15) is 0 Å². The fourth-order valence-corrected chi connectivity index (χ4v) is 2.86. The predicted molar refractivity (Wildman–Crippen MR) is 105 cm³/mol. The molecule has 0 unspecified atom stereocenters. The average Bonchev–Trinajstić information content (AvgIpc) is 2.87. The van der Waals surface area contributed by atoms with E-state index in [2.05, 4.69) is 15.3 Å². The molecule has 1 aromatic carbocycles. The summed E-state index contributed by atoms with van der Waals surface area (Å²) in [5.74, 6) is -0.395. The van der Waals surface area contributed by atoms with Crippen LogP contribution in [0.1, 0.15) is 16.3 Å². The van der Waals surface area contributed by atoms with Crippen molar-refractivity contribution in [1.82, 2.24) is 15.2 Å². The van der Waals surface area contributed by atoms with Crippen molar-refractivity contribution in [1.29, 1.82) is 0 Å². The first-order valence-electron chi connectivity index (χ1n) is 7.25. The van der Waals surface area contributed by atoms with Crippen molar-refractivity contribution in [2.75, 3.05) is 20.6 Å². The third-order valence-electron chi connectivity index (χ3n) is 3.26. The molecule has 0 radical (unpaired) electrons. The molecule has 0 atom stereocenters. The highest BCUT2D eigenvalue weighted by atomic mass is 127. The van der Waals surface area contributed by atoms with Crippen molar-refractivity contribution < 1.29 is 8.78 Å². The third-order valence-corrected chi connectivity index (χ3v) is 4.08. The van der Waals surface area contributed by atoms with Crippen molar-refractivity contribution in [2.24, 2.45) is 4.99 Å². The summed E-state index contributed by atoms with van der Waals surface area (Å²) in [6.45, 7) is 3.16. The molecule has 1 heterocycles. The van der Waals surface area contributed by atoms with Crippen molar-refractivity contribution >= 4 is 41.3 Å². The summed E-state index contributed by atoms with van der Waals surface area (Å²) < 4.78 is 26.3. The number of nitrogens with one attached hydrogen (secondary N) is 1. The van der Waals surface area contributed by atoms with Crippen molar-refractivity contribution in [3.05, 3.63) is 51.5 Å². The number of benzene rings is 1. The summed E-state index contributed by atoms with van der Waals surface area (Å²) in [5, 5.41) is 6.24. The quantitative estimate of drug-likeness (QED) is 0.416. The number of nitrogens with zero attached hydrogens (tertiary/aromatic N) is 3. The SMILES string of the molecule is CN=C(NCCc1cc(F)cc(F)c1)N(C)Cc1csc(C)n1.I. The largest absolute Gasteiger partial charge is 0.356 e. The molecule has 2 rings (SSSR count). The molecule has 0 saturated carbocycles. The van der Waals surface area contributed by atoms with Crippen molar-refractivity contribution in [2.45, 2.75) is 19.9 Å². The Labute approximate surface area is 162 Å². The van der Waals surface area contributed by atoms with Crippen LogP contribution in [0.5, 0.6) is 0 Å². The second-order valence-corrected chi connectivity index (χ2v) is 6.28. The Kier molecular flexibility index (Phi) is 8.54. The minimum absolute atomic E-state index is 0. The molecule has 0 spiro atoms. The molecule has 0 aliphatic rings. The minimum atomic E-state index is -0.555. The van der Waals surface area contributed by atoms with Crippen LogP contribution >= 0.6 is 35.3 Å². The highest BCUT2D eigenvalue weighted by Crippen LogP contribution is 2.10. The van der Waals surface area contributed by atoms with E-state index in [1.807, 2.05) is 24.3 Å². The van der Waals surface area contributed by atoms with Crippen molar-refractivity contribution in [3.8, 4) is 0 Å². The van der Waals surface area contributed by atoms with E-state index in [-0.39, 0.29) is 24.0 Å². The van der Waals surface area contributed by atoms with Gasteiger partial charge in [-0.1, -0.05) is 0 Å². The topological polar surface area (TPSA) is 40.5 Å². The Morgan fingerprint density at radius 3 is 2.50 bits per heavy atom. The lowest BCUT2D eigenvalue weighted by atomic mass is 10.1. The second kappa shape index (κ2) is 9.87. The van der Waals surface area contributed by atoms with Gasteiger partial charge in [-0.25, -0.2) is 13.8 Å². The molecule has 1 aromatic heterocycles. The standard InChI is InChI=1S/C16H20F2N4S.HI/c1-11-21-15(10-23-11)9-22(3)16(19-2)20-5-4-12-6-13(17)8-14(18)7-12;/h6-8,10H,4-5,9H2,1-3H3,(H,19,20);1H. The zero-order valence-electron chi connectivity index (χ0n) is 13.8. The van der Waals surface area contributed by atoms with Gasteiger partial charge in [0.2, 0.25) is 0 Å². The molecule has 24 heavy (non-hydrogen) atoms. The van der Waals surface area contributed by atoms with Crippen LogP contribution in [0.3, 0.4) is 0 Å². The molecule has 0 aliphatic carbocycles. The van der Waals surface area contributed by atoms with Gasteiger partial charge in [0.05, 0.1) is 17.2 Å². The molecule has 0 bridgehead atoms. The molecule has 2 aromatic rings. The van der Waals surface area contributed by atoms with Crippen LogP contribution in [0.25, 0.3) is 0 Å². The molecular weight excluding hydrogens is 445 g/mol. The number of hydrogen-bond donors (Lipinski definition) is 1. The fourth-order valence-electron chi connectivity index (χ4n) is 2.26. The van der Waals surface area contributed by atoms with Crippen LogP contribution in [0, 0.1) is 18.6 Å². The summed E-state index contributed by atoms with van der Waals surface area (Å²) in [5.41, 5.74) is 1.60. The molecule has 0 amide bonds. The average molecular weight is 466 g/mol. The monoisotopic (exact) mass is 466 g/mol. The second-order valence-electron chi connectivity index (χ2n) is 5.22. The number of aliphatic imine (C=N–C) groups is 1. The summed E-state index contributed by atoms with van der Waals surface area (Å²) in [4.78, 5) is 10.6. The summed E-state index contributed by atoms with van der Waals surface area (Å²) >= 11 is 1.61. The number of hydrogen-bond acceptors (Lipinski definition) is 3. The molecule has 1 N–H and O–H groups in total. The first kappa shape index (κ1) is 20.8. The van der Waals surface area contributed by atoms with Gasteiger partial charge in [0.15, 0.2) is 5.96 Å². The zero-order chi connectivity index (χ0) is 16.8. The maximum absolute atomic E-state index is 13.2. The van der Waals surface area contributed by atoms with Gasteiger partial charge in [-0.05, 0) is 31.0 Å². The van der Waals surface area contributed by atoms with Gasteiger partial charge in [-0.3, -0.25) is 4.99 Å². The van der Waals surface area contributed by atoms with Gasteiger partial charge in [0.25, 0.3) is 0 Å². The lowest BCUT2D eigenvalue weighted by Crippen LogP contribution is -2.39. The van der Waals surface area contributed by atoms with E-state index < -0.39 is 11.6 Å². The number of halogens is 3. The maximum atomic E-state index is 13.2. The van der Waals surface area contributed by atoms with E-state index in [1.165, 1.54) is 12.1 Å². The van der Waals surface area contributed by atoms with Gasteiger partial charge in [-0.15, -0.1) is 35.3 Å². The number of thiazole rings is 1. The minimum Gasteiger partial charge on any atom is -0.356 e. The van der Waals surface area contributed by atoms with Gasteiger partial charge in [0, 0.05) is 32.1 Å². The van der Waals surface area contributed by atoms with Crippen LogP contribution in [0.15, 0.2) is 28.6 Å². The van der Waals surface area contributed by atoms with E-state index in [1.54, 1.807) is 18.4 Å². The third kappa shape index (κ3) is 6.31. The molecule has 0 aliphatic heterocycles. The van der Waals surface area contributed by atoms with Crippen molar-refractivity contribution in [3.63, 3.8) is 0 Å². The van der Waals surface area contributed by atoms with Crippen LogP contribution in [-0.4, -0.2) is 36.5 Å². The summed E-state index contributed by atoms with van der Waals surface area (Å²) in [6.07, 6.45) is 0.511. The molecule has 0 saturated heterocycles. The first-order valence-corrected chi connectivity index (χ1v) is 8.13. The van der Waals surface area contributed by atoms with Crippen LogP contribution in [0.2, 0.25) is 0 Å². The van der Waals surface area contributed by atoms with Crippen LogP contribution in [-0.2, 0) is 13.0 Å². The molecule has 132 valence electrons. The lowest BCUT2D eigenvalue weighted by molar-refractivity contribution is 0.471. The van der Waals surface area contributed by atoms with E-state index >= 15 is 0 Å². The number of rotatable bonds is 5. The van der Waals surface area contributed by atoms with E-state index in [9.17, 15) is 8.78 Å². The highest BCUT2D eigenvalue weighted by Gasteiger charge is 2.08. The van der Waals surface area contributed by atoms with Gasteiger partial charge >= 0.3 is 0 Å². The summed E-state index contributed by atoms with van der Waals surface area (Å²) in [7, 11) is 3.62. The molecular formula is C16H21F2IN4S. The summed E-state index contributed by atoms with van der Waals surface area (Å²) in [6, 6.07) is 3.56. The number of aromatic nitrogens is 1. The smallest absolute Gasteiger partial charge is 0.193 e. The molecule has 4 nitrogen and oxygen atoms in total. The Bertz CT molecular complexity index is 670.